The van der Waals surface area contributed by atoms with Crippen LogP contribution in [0.5, 0.6) is 11.5 Å². The van der Waals surface area contributed by atoms with Gasteiger partial charge in [-0.05, 0) is 26.0 Å². The third-order valence-electron chi connectivity index (χ3n) is 2.22. The molecule has 1 aromatic rings. The highest BCUT2D eigenvalue weighted by Gasteiger charge is 2.11. The molecular weight excluding hydrogens is 256 g/mol. The molecule has 0 aromatic heterocycles. The summed E-state index contributed by atoms with van der Waals surface area (Å²) >= 11 is 6.03. The zero-order chi connectivity index (χ0) is 13.4. The van der Waals surface area contributed by atoms with Crippen LogP contribution in [0.1, 0.15) is 13.8 Å². The molecule has 0 aliphatic rings. The predicted molar refractivity (Wildman–Crippen MR) is 70.5 cm³/mol. The zero-order valence-corrected chi connectivity index (χ0v) is 11.7. The first kappa shape index (κ1) is 15.1. The SMILES string of the molecule is CCOC(COc1cc(OC)ccc1Cl)OCC. The van der Waals surface area contributed by atoms with Crippen molar-refractivity contribution in [1.82, 2.24) is 0 Å². The van der Waals surface area contributed by atoms with Gasteiger partial charge >= 0.3 is 0 Å². The van der Waals surface area contributed by atoms with Crippen molar-refractivity contribution < 1.29 is 18.9 Å². The Labute approximate surface area is 113 Å². The molecule has 0 radical (unpaired) electrons. The van der Waals surface area contributed by atoms with Gasteiger partial charge in [-0.3, -0.25) is 0 Å². The van der Waals surface area contributed by atoms with Crippen LogP contribution in [0.25, 0.3) is 0 Å². The van der Waals surface area contributed by atoms with Gasteiger partial charge in [-0.15, -0.1) is 0 Å². The summed E-state index contributed by atoms with van der Waals surface area (Å²) in [5, 5.41) is 0.530. The van der Waals surface area contributed by atoms with Crippen LogP contribution in [-0.4, -0.2) is 33.2 Å². The van der Waals surface area contributed by atoms with Gasteiger partial charge in [0.05, 0.1) is 12.1 Å². The summed E-state index contributed by atoms with van der Waals surface area (Å²) in [6, 6.07) is 5.24. The number of hydrogen-bond donors (Lipinski definition) is 0. The first-order chi connectivity index (χ1) is 8.71. The predicted octanol–water partition coefficient (Wildman–Crippen LogP) is 3.13. The second-order valence-corrected chi connectivity index (χ2v) is 3.85. The topological polar surface area (TPSA) is 36.9 Å². The lowest BCUT2D eigenvalue weighted by molar-refractivity contribution is -0.152. The van der Waals surface area contributed by atoms with Crippen LogP contribution in [0.4, 0.5) is 0 Å². The third kappa shape index (κ3) is 4.72. The monoisotopic (exact) mass is 274 g/mol. The molecule has 0 fully saturated rings. The summed E-state index contributed by atoms with van der Waals surface area (Å²) in [7, 11) is 1.59. The summed E-state index contributed by atoms with van der Waals surface area (Å²) in [6.45, 7) is 5.24. The molecule has 5 heteroatoms. The molecule has 0 amide bonds. The lowest BCUT2D eigenvalue weighted by Crippen LogP contribution is -2.25. The number of rotatable bonds is 8. The van der Waals surface area contributed by atoms with Crippen molar-refractivity contribution in [2.45, 2.75) is 20.1 Å². The van der Waals surface area contributed by atoms with Crippen molar-refractivity contribution in [1.29, 1.82) is 0 Å². The van der Waals surface area contributed by atoms with Gasteiger partial charge in [0.2, 0.25) is 0 Å². The van der Waals surface area contributed by atoms with Crippen LogP contribution in [0.15, 0.2) is 18.2 Å². The van der Waals surface area contributed by atoms with Crippen LogP contribution in [0.3, 0.4) is 0 Å². The molecule has 0 bridgehead atoms. The molecule has 0 N–H and O–H groups in total. The molecule has 102 valence electrons. The molecule has 0 aliphatic carbocycles. The first-order valence-corrected chi connectivity index (χ1v) is 6.28. The van der Waals surface area contributed by atoms with Crippen molar-refractivity contribution >= 4 is 11.6 Å². The molecule has 0 aliphatic heterocycles. The molecule has 0 saturated carbocycles. The molecule has 0 unspecified atom stereocenters. The quantitative estimate of drug-likeness (QED) is 0.683. The van der Waals surface area contributed by atoms with Crippen LogP contribution in [-0.2, 0) is 9.47 Å². The minimum Gasteiger partial charge on any atom is -0.497 e. The standard InChI is InChI=1S/C13H19ClO4/c1-4-16-13(17-5-2)9-18-12-8-10(15-3)6-7-11(12)14/h6-8,13H,4-5,9H2,1-3H3. The lowest BCUT2D eigenvalue weighted by atomic mass is 10.3. The molecule has 4 nitrogen and oxygen atoms in total. The van der Waals surface area contributed by atoms with Crippen LogP contribution >= 0.6 is 11.6 Å². The van der Waals surface area contributed by atoms with Gasteiger partial charge in [0.1, 0.15) is 18.1 Å². The second kappa shape index (κ2) is 8.19. The van der Waals surface area contributed by atoms with Crippen molar-refractivity contribution in [2.24, 2.45) is 0 Å². The highest BCUT2D eigenvalue weighted by atomic mass is 35.5. The molecule has 1 rings (SSSR count). The van der Waals surface area contributed by atoms with E-state index in [1.807, 2.05) is 13.8 Å². The maximum Gasteiger partial charge on any atom is 0.191 e. The van der Waals surface area contributed by atoms with E-state index in [9.17, 15) is 0 Å². The third-order valence-corrected chi connectivity index (χ3v) is 2.53. The molecule has 18 heavy (non-hydrogen) atoms. The average molecular weight is 275 g/mol. The van der Waals surface area contributed by atoms with Gasteiger partial charge in [0.15, 0.2) is 6.29 Å². The molecular formula is C13H19ClO4. The summed E-state index contributed by atoms with van der Waals surface area (Å²) in [6.07, 6.45) is -0.387. The molecule has 0 atom stereocenters. The Hall–Kier alpha value is -0.970. The number of hydrogen-bond acceptors (Lipinski definition) is 4. The van der Waals surface area contributed by atoms with Crippen LogP contribution in [0, 0.1) is 0 Å². The van der Waals surface area contributed by atoms with E-state index in [1.54, 1.807) is 25.3 Å². The first-order valence-electron chi connectivity index (χ1n) is 5.90. The normalized spacial score (nSPS) is 10.7. The van der Waals surface area contributed by atoms with E-state index in [4.69, 9.17) is 30.5 Å². The Balaban J connectivity index is 2.60. The summed E-state index contributed by atoms with van der Waals surface area (Å²) in [5.74, 6) is 1.25. The average Bonchev–Trinajstić information content (AvgIpc) is 2.38. The van der Waals surface area contributed by atoms with E-state index >= 15 is 0 Å². The lowest BCUT2D eigenvalue weighted by Gasteiger charge is -2.18. The fourth-order valence-corrected chi connectivity index (χ4v) is 1.57. The number of benzene rings is 1. The Bertz CT molecular complexity index is 351. The van der Waals surface area contributed by atoms with Gasteiger partial charge in [0.25, 0.3) is 0 Å². The summed E-state index contributed by atoms with van der Waals surface area (Å²) in [4.78, 5) is 0. The van der Waals surface area contributed by atoms with E-state index in [1.165, 1.54) is 0 Å². The second-order valence-electron chi connectivity index (χ2n) is 3.45. The minimum absolute atomic E-state index is 0.286. The van der Waals surface area contributed by atoms with Gasteiger partial charge in [-0.25, -0.2) is 0 Å². The highest BCUT2D eigenvalue weighted by molar-refractivity contribution is 6.32. The maximum atomic E-state index is 6.03. The largest absolute Gasteiger partial charge is 0.497 e. The number of halogens is 1. The van der Waals surface area contributed by atoms with Crippen LogP contribution in [0.2, 0.25) is 5.02 Å². The maximum absolute atomic E-state index is 6.03. The van der Waals surface area contributed by atoms with Crippen molar-refractivity contribution in [3.63, 3.8) is 0 Å². The van der Waals surface area contributed by atoms with Gasteiger partial charge < -0.3 is 18.9 Å². The van der Waals surface area contributed by atoms with E-state index in [-0.39, 0.29) is 12.9 Å². The Morgan fingerprint density at radius 3 is 2.39 bits per heavy atom. The van der Waals surface area contributed by atoms with Crippen molar-refractivity contribution in [3.8, 4) is 11.5 Å². The number of ether oxygens (including phenoxy) is 4. The van der Waals surface area contributed by atoms with Gasteiger partial charge in [0, 0.05) is 19.3 Å². The molecule has 0 heterocycles. The fourth-order valence-electron chi connectivity index (χ4n) is 1.40. The van der Waals surface area contributed by atoms with Gasteiger partial charge in [-0.2, -0.15) is 0 Å². The summed E-state index contributed by atoms with van der Waals surface area (Å²) < 4.78 is 21.5. The molecule has 0 spiro atoms. The van der Waals surface area contributed by atoms with Gasteiger partial charge in [-0.1, -0.05) is 11.6 Å². The Morgan fingerprint density at radius 2 is 1.83 bits per heavy atom. The fraction of sp³-hybridized carbons (Fsp3) is 0.538. The van der Waals surface area contributed by atoms with E-state index in [0.717, 1.165) is 0 Å². The van der Waals surface area contributed by atoms with E-state index in [2.05, 4.69) is 0 Å². The minimum atomic E-state index is -0.387. The molecule has 1 aromatic carbocycles. The van der Waals surface area contributed by atoms with E-state index in [0.29, 0.717) is 29.7 Å². The van der Waals surface area contributed by atoms with E-state index < -0.39 is 0 Å². The summed E-state index contributed by atoms with van der Waals surface area (Å²) in [5.41, 5.74) is 0. The smallest absolute Gasteiger partial charge is 0.191 e. The Kier molecular flexibility index (Phi) is 6.86. The molecule has 0 saturated heterocycles. The Morgan fingerprint density at radius 1 is 1.17 bits per heavy atom. The zero-order valence-electron chi connectivity index (χ0n) is 10.9. The number of methoxy groups -OCH3 is 1. The van der Waals surface area contributed by atoms with Crippen molar-refractivity contribution in [2.75, 3.05) is 26.9 Å². The highest BCUT2D eigenvalue weighted by Crippen LogP contribution is 2.29. The van der Waals surface area contributed by atoms with Crippen molar-refractivity contribution in [3.05, 3.63) is 23.2 Å². The van der Waals surface area contributed by atoms with Crippen LogP contribution < -0.4 is 9.47 Å².